The van der Waals surface area contributed by atoms with Gasteiger partial charge in [-0.3, -0.25) is 9.59 Å². The summed E-state index contributed by atoms with van der Waals surface area (Å²) in [6, 6.07) is 2.36. The van der Waals surface area contributed by atoms with E-state index in [1.165, 1.54) is 0 Å². The molecule has 0 saturated heterocycles. The number of nitriles is 1. The molecule has 1 amide bonds. The smallest absolute Gasteiger partial charge is 0.407 e. The third kappa shape index (κ3) is 10.7. The van der Waals surface area contributed by atoms with Gasteiger partial charge >= 0.3 is 24.0 Å². The number of nitrogens with zero attached hydrogens (tertiary/aromatic N) is 1. The van der Waals surface area contributed by atoms with Crippen molar-refractivity contribution in [1.82, 2.24) is 5.32 Å². The Morgan fingerprint density at radius 2 is 1.58 bits per heavy atom. The molecule has 0 aromatic rings. The maximum atomic E-state index is 11.7. The van der Waals surface area contributed by atoms with Crippen LogP contribution in [0.2, 0.25) is 0 Å². The summed E-state index contributed by atoms with van der Waals surface area (Å²) in [7, 11) is 0. The van der Waals surface area contributed by atoms with Crippen molar-refractivity contribution in [3.05, 3.63) is 12.7 Å². The third-order valence-corrected chi connectivity index (χ3v) is 6.60. The minimum Gasteiger partial charge on any atom is -0.462 e. The van der Waals surface area contributed by atoms with E-state index < -0.39 is 12.1 Å². The van der Waals surface area contributed by atoms with Crippen molar-refractivity contribution in [2.75, 3.05) is 26.4 Å². The van der Waals surface area contributed by atoms with Gasteiger partial charge in [-0.05, 0) is 43.9 Å². The van der Waals surface area contributed by atoms with Gasteiger partial charge in [-0.15, -0.1) is 0 Å². The first-order valence-corrected chi connectivity index (χ1v) is 12.6. The first kappa shape index (κ1) is 30.9. The van der Waals surface area contributed by atoms with Gasteiger partial charge in [0, 0.05) is 12.0 Å². The van der Waals surface area contributed by atoms with Gasteiger partial charge in [0.2, 0.25) is 0 Å². The van der Waals surface area contributed by atoms with E-state index in [-0.39, 0.29) is 62.2 Å². The molecule has 6 atom stereocenters. The number of hydrogen-bond donors (Lipinski definition) is 1. The number of hydrogen-bond acceptors (Lipinski definition) is 9. The van der Waals surface area contributed by atoms with Gasteiger partial charge < -0.3 is 24.3 Å². The van der Waals surface area contributed by atoms with Crippen molar-refractivity contribution in [2.24, 2.45) is 29.6 Å². The van der Waals surface area contributed by atoms with Crippen LogP contribution in [0.4, 0.5) is 4.79 Å². The zero-order chi connectivity index (χ0) is 27.1. The highest BCUT2D eigenvalue weighted by atomic mass is 16.6. The van der Waals surface area contributed by atoms with Crippen LogP contribution in [0, 0.1) is 40.9 Å². The van der Waals surface area contributed by atoms with Crippen LogP contribution < -0.4 is 5.32 Å². The Balaban J connectivity index is 0.000000367. The minimum atomic E-state index is -0.667. The van der Waals surface area contributed by atoms with E-state index in [4.69, 9.17) is 19.5 Å². The molecule has 10 heteroatoms. The van der Waals surface area contributed by atoms with Crippen LogP contribution in [-0.4, -0.2) is 56.5 Å². The van der Waals surface area contributed by atoms with Crippen LogP contribution in [0.3, 0.4) is 0 Å². The lowest BCUT2D eigenvalue weighted by atomic mass is 9.88. The first-order valence-electron chi connectivity index (χ1n) is 12.6. The molecule has 2 aliphatic carbocycles. The molecule has 0 heterocycles. The number of ether oxygens (including phenoxy) is 4. The molecule has 2 saturated carbocycles. The fourth-order valence-electron chi connectivity index (χ4n) is 3.96. The number of carbonyl (C=O) groups excluding carboxylic acids is 4. The number of fused-ring (bicyclic) bond motifs is 2. The number of amides is 1. The van der Waals surface area contributed by atoms with Crippen molar-refractivity contribution in [1.29, 1.82) is 5.26 Å². The van der Waals surface area contributed by atoms with Gasteiger partial charge in [0.05, 0.1) is 24.4 Å². The predicted molar refractivity (Wildman–Crippen MR) is 130 cm³/mol. The SMILES string of the molecule is C=CC(=O)OCCNC(=O)OCCOC(=O)C(C)CC.CCC(C)C(=O)OC1CC2CC1CC2C#N. The lowest BCUT2D eigenvalue weighted by Crippen LogP contribution is -2.29. The summed E-state index contributed by atoms with van der Waals surface area (Å²) in [6.45, 7) is 10.9. The van der Waals surface area contributed by atoms with Gasteiger partial charge in [-0.25, -0.2) is 9.59 Å². The van der Waals surface area contributed by atoms with Crippen molar-refractivity contribution in [3.63, 3.8) is 0 Å². The van der Waals surface area contributed by atoms with E-state index in [1.807, 2.05) is 20.8 Å². The number of esters is 3. The second-order valence-electron chi connectivity index (χ2n) is 9.16. The van der Waals surface area contributed by atoms with E-state index in [1.54, 1.807) is 6.92 Å². The number of rotatable bonds is 12. The van der Waals surface area contributed by atoms with E-state index in [0.717, 1.165) is 31.8 Å². The van der Waals surface area contributed by atoms with Crippen molar-refractivity contribution >= 4 is 24.0 Å². The highest BCUT2D eigenvalue weighted by Crippen LogP contribution is 2.49. The summed E-state index contributed by atoms with van der Waals surface area (Å²) < 4.78 is 19.8. The molecule has 2 rings (SSSR count). The molecule has 0 radical (unpaired) electrons. The largest absolute Gasteiger partial charge is 0.462 e. The van der Waals surface area contributed by atoms with Crippen molar-refractivity contribution in [2.45, 2.75) is 65.9 Å². The molecule has 0 aromatic heterocycles. The molecule has 2 fully saturated rings. The minimum absolute atomic E-state index is 0.00545. The first-order chi connectivity index (χ1) is 17.2. The second-order valence-corrected chi connectivity index (χ2v) is 9.16. The lowest BCUT2D eigenvalue weighted by molar-refractivity contribution is -0.156. The Hall–Kier alpha value is -3.09. The Bertz CT molecular complexity index is 793. The number of nitrogens with one attached hydrogen (secondary N) is 1. The molecule has 2 aliphatic rings. The molecule has 36 heavy (non-hydrogen) atoms. The number of carbonyl (C=O) groups is 4. The Morgan fingerprint density at radius 3 is 2.14 bits per heavy atom. The molecule has 6 unspecified atom stereocenters. The van der Waals surface area contributed by atoms with Gasteiger partial charge in [0.15, 0.2) is 0 Å². The zero-order valence-corrected chi connectivity index (χ0v) is 21.8. The highest BCUT2D eigenvalue weighted by Gasteiger charge is 2.47. The van der Waals surface area contributed by atoms with E-state index in [9.17, 15) is 19.2 Å². The number of alkyl carbamates (subject to hydrolysis) is 1. The maximum absolute atomic E-state index is 11.7. The summed E-state index contributed by atoms with van der Waals surface area (Å²) in [5, 5.41) is 11.3. The van der Waals surface area contributed by atoms with Crippen LogP contribution in [0.5, 0.6) is 0 Å². The van der Waals surface area contributed by atoms with Gasteiger partial charge in [0.1, 0.15) is 25.9 Å². The average molecular weight is 509 g/mol. The third-order valence-electron chi connectivity index (χ3n) is 6.60. The van der Waals surface area contributed by atoms with Crippen LogP contribution in [-0.2, 0) is 33.3 Å². The molecule has 1 N–H and O–H groups in total. The highest BCUT2D eigenvalue weighted by molar-refractivity contribution is 5.81. The Morgan fingerprint density at radius 1 is 0.944 bits per heavy atom. The molecular weight excluding hydrogens is 468 g/mol. The van der Waals surface area contributed by atoms with Crippen LogP contribution in [0.1, 0.15) is 59.8 Å². The van der Waals surface area contributed by atoms with E-state index >= 15 is 0 Å². The summed E-state index contributed by atoms with van der Waals surface area (Å²) in [6.07, 6.45) is 4.91. The summed E-state index contributed by atoms with van der Waals surface area (Å²) in [5.41, 5.74) is 0. The fourth-order valence-corrected chi connectivity index (χ4v) is 3.96. The van der Waals surface area contributed by atoms with Crippen LogP contribution in [0.15, 0.2) is 12.7 Å². The van der Waals surface area contributed by atoms with E-state index in [0.29, 0.717) is 18.3 Å². The monoisotopic (exact) mass is 508 g/mol. The van der Waals surface area contributed by atoms with Gasteiger partial charge in [-0.2, -0.15) is 5.26 Å². The normalized spacial score (nSPS) is 23.1. The van der Waals surface area contributed by atoms with Gasteiger partial charge in [-0.1, -0.05) is 34.3 Å². The maximum Gasteiger partial charge on any atom is 0.407 e. The topological polar surface area (TPSA) is 141 Å². The Labute approximate surface area is 213 Å². The molecular formula is C26H40N2O8. The fraction of sp³-hybridized carbons (Fsp3) is 0.731. The second kappa shape index (κ2) is 16.6. The average Bonchev–Trinajstić information content (AvgIpc) is 3.48. The van der Waals surface area contributed by atoms with Crippen LogP contribution >= 0.6 is 0 Å². The zero-order valence-electron chi connectivity index (χ0n) is 21.8. The molecule has 0 spiro atoms. The van der Waals surface area contributed by atoms with Crippen molar-refractivity contribution in [3.8, 4) is 6.07 Å². The molecule has 10 nitrogen and oxygen atoms in total. The quantitative estimate of drug-likeness (QED) is 0.181. The summed E-state index contributed by atoms with van der Waals surface area (Å²) in [5.74, 6) is 0.0451. The van der Waals surface area contributed by atoms with Gasteiger partial charge in [0.25, 0.3) is 0 Å². The molecule has 202 valence electrons. The Kier molecular flexibility index (Phi) is 14.2. The summed E-state index contributed by atoms with van der Waals surface area (Å²) in [4.78, 5) is 44.8. The molecule has 0 aromatic carbocycles. The standard InChI is InChI=1S/C13H21NO6.C13H19NO2/c1-4-10(3)12(16)19-8-9-20-13(17)14-6-7-18-11(15)5-2;1-3-8(2)13(15)16-12-6-9-4-10(12)5-11(9)7-14/h5,10H,2,4,6-9H2,1,3H3,(H,14,17);8-12H,3-6H2,1-2H3. The lowest BCUT2D eigenvalue weighted by Gasteiger charge is -2.25. The summed E-state index contributed by atoms with van der Waals surface area (Å²) >= 11 is 0. The van der Waals surface area contributed by atoms with Crippen molar-refractivity contribution < 1.29 is 38.1 Å². The van der Waals surface area contributed by atoms with E-state index in [2.05, 4.69) is 22.7 Å². The molecule has 2 bridgehead atoms. The predicted octanol–water partition coefficient (Wildman–Crippen LogP) is 3.55. The van der Waals surface area contributed by atoms with Crippen LogP contribution in [0.25, 0.3) is 0 Å². The molecule has 0 aliphatic heterocycles.